The first-order valence-corrected chi connectivity index (χ1v) is 12.5. The zero-order valence-electron chi connectivity index (χ0n) is 21.2. The third kappa shape index (κ3) is 4.96. The average molecular weight is 523 g/mol. The van der Waals surface area contributed by atoms with Gasteiger partial charge in [-0.2, -0.15) is 0 Å². The summed E-state index contributed by atoms with van der Waals surface area (Å²) in [6.07, 6.45) is 4.87. The van der Waals surface area contributed by atoms with Crippen LogP contribution in [-0.2, 0) is 4.74 Å². The van der Waals surface area contributed by atoms with Crippen LogP contribution >= 0.6 is 11.6 Å². The molecule has 4 aromatic rings. The van der Waals surface area contributed by atoms with Crippen molar-refractivity contribution in [1.29, 1.82) is 0 Å². The standard InChI is InChI=1S/C27H28ClFN6O2/c1-17-14-33(26(36)37-27(2,3)4)11-12-34(17)24-23-19(22-7-5-6-10-30-22)15-35(25(23)32-16-31-24)18-8-9-21(29)20(28)13-18/h5-10,13,15-17H,11-12,14H2,1-4H3/t17-/m0/s1. The number of amides is 1. The minimum Gasteiger partial charge on any atom is -0.444 e. The number of aromatic nitrogens is 4. The highest BCUT2D eigenvalue weighted by Gasteiger charge is 2.32. The Morgan fingerprint density at radius 2 is 1.95 bits per heavy atom. The predicted octanol–water partition coefficient (Wildman–Crippen LogP) is 5.72. The molecule has 5 rings (SSSR count). The molecule has 0 spiro atoms. The van der Waals surface area contributed by atoms with E-state index in [1.807, 2.05) is 49.7 Å². The van der Waals surface area contributed by atoms with Crippen LogP contribution in [0.15, 0.2) is 55.1 Å². The third-order valence-corrected chi connectivity index (χ3v) is 6.53. The lowest BCUT2D eigenvalue weighted by molar-refractivity contribution is 0.0218. The minimum absolute atomic E-state index is 0.0277. The van der Waals surface area contributed by atoms with Crippen molar-refractivity contribution in [2.75, 3.05) is 24.5 Å². The first kappa shape index (κ1) is 25.0. The zero-order chi connectivity index (χ0) is 26.3. The molecule has 10 heteroatoms. The predicted molar refractivity (Wildman–Crippen MR) is 142 cm³/mol. The Bertz CT molecular complexity index is 1450. The summed E-state index contributed by atoms with van der Waals surface area (Å²) in [4.78, 5) is 30.4. The maximum atomic E-state index is 13.9. The summed E-state index contributed by atoms with van der Waals surface area (Å²) < 4.78 is 21.4. The summed E-state index contributed by atoms with van der Waals surface area (Å²) >= 11 is 6.11. The van der Waals surface area contributed by atoms with Gasteiger partial charge in [0.25, 0.3) is 0 Å². The number of hydrogen-bond donors (Lipinski definition) is 0. The molecule has 1 atom stereocenters. The number of ether oxygens (including phenoxy) is 1. The van der Waals surface area contributed by atoms with Gasteiger partial charge in [-0.25, -0.2) is 19.2 Å². The number of rotatable bonds is 3. The number of carbonyl (C=O) groups is 1. The van der Waals surface area contributed by atoms with Crippen molar-refractivity contribution in [2.45, 2.75) is 39.3 Å². The first-order valence-electron chi connectivity index (χ1n) is 12.1. The van der Waals surface area contributed by atoms with Crippen molar-refractivity contribution >= 4 is 34.5 Å². The fourth-order valence-electron chi connectivity index (χ4n) is 4.58. The molecule has 0 aliphatic carbocycles. The van der Waals surface area contributed by atoms with Crippen LogP contribution in [0.25, 0.3) is 28.0 Å². The van der Waals surface area contributed by atoms with Gasteiger partial charge in [-0.3, -0.25) is 4.98 Å². The Hall–Kier alpha value is -3.72. The van der Waals surface area contributed by atoms with Crippen LogP contribution in [0.4, 0.5) is 15.0 Å². The van der Waals surface area contributed by atoms with Crippen LogP contribution in [0.1, 0.15) is 27.7 Å². The number of nitrogens with zero attached hydrogens (tertiary/aromatic N) is 6. The molecule has 0 saturated carbocycles. The van der Waals surface area contributed by atoms with Gasteiger partial charge >= 0.3 is 6.09 Å². The Morgan fingerprint density at radius 1 is 1.14 bits per heavy atom. The topological polar surface area (TPSA) is 76.4 Å². The third-order valence-electron chi connectivity index (χ3n) is 6.24. The number of halogens is 2. The van der Waals surface area contributed by atoms with Gasteiger partial charge in [0, 0.05) is 49.3 Å². The quantitative estimate of drug-likeness (QED) is 0.342. The van der Waals surface area contributed by atoms with Gasteiger partial charge in [-0.05, 0) is 58.0 Å². The number of anilines is 1. The van der Waals surface area contributed by atoms with E-state index in [4.69, 9.17) is 16.3 Å². The summed E-state index contributed by atoms with van der Waals surface area (Å²) in [5.74, 6) is 0.257. The van der Waals surface area contributed by atoms with Crippen molar-refractivity contribution in [2.24, 2.45) is 0 Å². The average Bonchev–Trinajstić information content (AvgIpc) is 3.25. The Balaban J connectivity index is 1.59. The summed E-state index contributed by atoms with van der Waals surface area (Å²) in [7, 11) is 0. The van der Waals surface area contributed by atoms with Crippen LogP contribution < -0.4 is 4.90 Å². The van der Waals surface area contributed by atoms with Gasteiger partial charge < -0.3 is 19.1 Å². The highest BCUT2D eigenvalue weighted by atomic mass is 35.5. The van der Waals surface area contributed by atoms with E-state index >= 15 is 0 Å². The number of carbonyl (C=O) groups excluding carboxylic acids is 1. The molecular weight excluding hydrogens is 495 g/mol. The molecule has 0 radical (unpaired) electrons. The normalized spacial score (nSPS) is 16.3. The van der Waals surface area contributed by atoms with E-state index < -0.39 is 11.4 Å². The summed E-state index contributed by atoms with van der Waals surface area (Å²) in [5.41, 5.74) is 2.37. The summed E-state index contributed by atoms with van der Waals surface area (Å²) in [6, 6.07) is 10.3. The molecule has 1 fully saturated rings. The van der Waals surface area contributed by atoms with Crippen LogP contribution in [0.5, 0.6) is 0 Å². The van der Waals surface area contributed by atoms with Crippen LogP contribution in [0, 0.1) is 5.82 Å². The van der Waals surface area contributed by atoms with Crippen molar-refractivity contribution in [3.8, 4) is 16.9 Å². The Kier molecular flexibility index (Phi) is 6.49. The smallest absolute Gasteiger partial charge is 0.410 e. The van der Waals surface area contributed by atoms with E-state index in [1.165, 1.54) is 12.4 Å². The van der Waals surface area contributed by atoms with E-state index in [2.05, 4.69) is 26.8 Å². The second-order valence-electron chi connectivity index (χ2n) is 10.1. The molecule has 0 bridgehead atoms. The van der Waals surface area contributed by atoms with Crippen molar-refractivity contribution in [3.05, 3.63) is 66.0 Å². The summed E-state index contributed by atoms with van der Waals surface area (Å²) in [5, 5.41) is 0.846. The largest absolute Gasteiger partial charge is 0.444 e. The SMILES string of the molecule is C[C@H]1CN(C(=O)OC(C)(C)C)CCN1c1ncnc2c1c(-c1ccccn1)cn2-c1ccc(F)c(Cl)c1. The van der Waals surface area contributed by atoms with E-state index in [0.29, 0.717) is 31.0 Å². The van der Waals surface area contributed by atoms with Gasteiger partial charge in [-0.1, -0.05) is 17.7 Å². The highest BCUT2D eigenvalue weighted by molar-refractivity contribution is 6.30. The molecule has 8 nitrogen and oxygen atoms in total. The maximum absolute atomic E-state index is 13.9. The molecule has 0 unspecified atom stereocenters. The van der Waals surface area contributed by atoms with Gasteiger partial charge in [0.1, 0.15) is 23.6 Å². The number of pyridine rings is 1. The van der Waals surface area contributed by atoms with Crippen LogP contribution in [0.3, 0.4) is 0 Å². The van der Waals surface area contributed by atoms with Gasteiger partial charge in [0.15, 0.2) is 5.65 Å². The second-order valence-corrected chi connectivity index (χ2v) is 10.5. The van der Waals surface area contributed by atoms with Gasteiger partial charge in [-0.15, -0.1) is 0 Å². The fraction of sp³-hybridized carbons (Fsp3) is 0.333. The van der Waals surface area contributed by atoms with Gasteiger partial charge in [0.05, 0.1) is 16.1 Å². The first-order chi connectivity index (χ1) is 17.6. The molecule has 3 aromatic heterocycles. The van der Waals surface area contributed by atoms with Crippen LogP contribution in [0.2, 0.25) is 5.02 Å². The summed E-state index contributed by atoms with van der Waals surface area (Å²) in [6.45, 7) is 9.20. The molecule has 4 heterocycles. The lowest BCUT2D eigenvalue weighted by Crippen LogP contribution is -2.54. The number of fused-ring (bicyclic) bond motifs is 1. The Labute approximate surface area is 219 Å². The highest BCUT2D eigenvalue weighted by Crippen LogP contribution is 2.37. The lowest BCUT2D eigenvalue weighted by atomic mass is 10.1. The molecule has 1 aliphatic rings. The minimum atomic E-state index is -0.556. The molecule has 0 N–H and O–H groups in total. The second kappa shape index (κ2) is 9.63. The van der Waals surface area contributed by atoms with Crippen molar-refractivity contribution in [3.63, 3.8) is 0 Å². The number of piperazine rings is 1. The Morgan fingerprint density at radius 3 is 2.62 bits per heavy atom. The van der Waals surface area contributed by atoms with Crippen molar-refractivity contribution < 1.29 is 13.9 Å². The van der Waals surface area contributed by atoms with Crippen LogP contribution in [-0.4, -0.2) is 61.8 Å². The van der Waals surface area contributed by atoms with E-state index in [9.17, 15) is 9.18 Å². The van der Waals surface area contributed by atoms with Crippen molar-refractivity contribution in [1.82, 2.24) is 24.4 Å². The maximum Gasteiger partial charge on any atom is 0.410 e. The van der Waals surface area contributed by atoms with Gasteiger partial charge in [0.2, 0.25) is 0 Å². The van der Waals surface area contributed by atoms with E-state index in [1.54, 1.807) is 23.2 Å². The molecule has 1 saturated heterocycles. The zero-order valence-corrected chi connectivity index (χ0v) is 21.9. The van der Waals surface area contributed by atoms with E-state index in [-0.39, 0.29) is 17.2 Å². The molecule has 1 amide bonds. The number of hydrogen-bond acceptors (Lipinski definition) is 6. The van der Waals surface area contributed by atoms with E-state index in [0.717, 1.165) is 22.5 Å². The number of benzene rings is 1. The molecular formula is C27H28ClFN6O2. The molecule has 37 heavy (non-hydrogen) atoms. The lowest BCUT2D eigenvalue weighted by Gasteiger charge is -2.41. The monoisotopic (exact) mass is 522 g/mol. The molecule has 192 valence electrons. The molecule has 1 aliphatic heterocycles. The fourth-order valence-corrected chi connectivity index (χ4v) is 4.75. The molecule has 1 aromatic carbocycles.